The first-order valence-electron chi connectivity index (χ1n) is 7.50. The third-order valence-electron chi connectivity index (χ3n) is 4.45. The van der Waals surface area contributed by atoms with Gasteiger partial charge in [0.15, 0.2) is 0 Å². The van der Waals surface area contributed by atoms with Crippen LogP contribution in [-0.2, 0) is 14.8 Å². The summed E-state index contributed by atoms with van der Waals surface area (Å²) >= 11 is 0. The van der Waals surface area contributed by atoms with Crippen molar-refractivity contribution in [3.05, 3.63) is 0 Å². The Labute approximate surface area is 116 Å². The Morgan fingerprint density at radius 3 is 2.32 bits per heavy atom. The SMILES string of the molecule is CC(=O)C1CCCCN1S(=O)(=O)CC1CCCCC1. The molecule has 2 aliphatic rings. The zero-order valence-corrected chi connectivity index (χ0v) is 12.6. The average molecular weight is 287 g/mol. The van der Waals surface area contributed by atoms with Crippen molar-refractivity contribution in [2.45, 2.75) is 64.3 Å². The van der Waals surface area contributed by atoms with Crippen LogP contribution in [0.4, 0.5) is 0 Å². The van der Waals surface area contributed by atoms with E-state index in [1.165, 1.54) is 17.6 Å². The largest absolute Gasteiger partial charge is 0.298 e. The van der Waals surface area contributed by atoms with Crippen molar-refractivity contribution in [1.82, 2.24) is 4.31 Å². The summed E-state index contributed by atoms with van der Waals surface area (Å²) in [6, 6.07) is -0.401. The van der Waals surface area contributed by atoms with E-state index in [-0.39, 0.29) is 11.5 Å². The molecular formula is C14H25NO3S. The number of nitrogens with zero attached hydrogens (tertiary/aromatic N) is 1. The van der Waals surface area contributed by atoms with E-state index >= 15 is 0 Å². The Balaban J connectivity index is 2.05. The van der Waals surface area contributed by atoms with Gasteiger partial charge in [0, 0.05) is 6.54 Å². The molecule has 1 aliphatic heterocycles. The molecule has 1 aliphatic carbocycles. The average Bonchev–Trinajstić information content (AvgIpc) is 2.39. The molecule has 0 spiro atoms. The van der Waals surface area contributed by atoms with Crippen molar-refractivity contribution in [2.75, 3.05) is 12.3 Å². The van der Waals surface area contributed by atoms with Gasteiger partial charge < -0.3 is 0 Å². The van der Waals surface area contributed by atoms with Crippen molar-refractivity contribution >= 4 is 15.8 Å². The van der Waals surface area contributed by atoms with Gasteiger partial charge in [-0.1, -0.05) is 25.7 Å². The lowest BCUT2D eigenvalue weighted by Crippen LogP contribution is -2.48. The van der Waals surface area contributed by atoms with Crippen LogP contribution < -0.4 is 0 Å². The van der Waals surface area contributed by atoms with Crippen LogP contribution in [0.3, 0.4) is 0 Å². The molecule has 2 fully saturated rings. The van der Waals surface area contributed by atoms with Crippen molar-refractivity contribution < 1.29 is 13.2 Å². The zero-order chi connectivity index (χ0) is 13.9. The molecule has 4 nitrogen and oxygen atoms in total. The van der Waals surface area contributed by atoms with E-state index in [1.807, 2.05) is 0 Å². The molecule has 1 unspecified atom stereocenters. The molecule has 0 radical (unpaired) electrons. The van der Waals surface area contributed by atoms with Crippen molar-refractivity contribution in [3.8, 4) is 0 Å². The van der Waals surface area contributed by atoms with Crippen LogP contribution in [0, 0.1) is 5.92 Å². The number of sulfonamides is 1. The lowest BCUT2D eigenvalue weighted by Gasteiger charge is -2.34. The fourth-order valence-electron chi connectivity index (χ4n) is 3.39. The number of piperidine rings is 1. The number of ketones is 1. The van der Waals surface area contributed by atoms with Gasteiger partial charge in [-0.2, -0.15) is 4.31 Å². The lowest BCUT2D eigenvalue weighted by molar-refractivity contribution is -0.121. The molecule has 1 saturated heterocycles. The van der Waals surface area contributed by atoms with Crippen LogP contribution in [-0.4, -0.2) is 36.8 Å². The smallest absolute Gasteiger partial charge is 0.215 e. The van der Waals surface area contributed by atoms with Crippen LogP contribution in [0.1, 0.15) is 58.3 Å². The maximum atomic E-state index is 12.5. The van der Waals surface area contributed by atoms with E-state index in [2.05, 4.69) is 0 Å². The zero-order valence-electron chi connectivity index (χ0n) is 11.8. The van der Waals surface area contributed by atoms with Gasteiger partial charge in [-0.05, 0) is 38.5 Å². The predicted octanol–water partition coefficient (Wildman–Crippen LogP) is 2.34. The molecule has 0 aromatic rings. The van der Waals surface area contributed by atoms with E-state index in [0.717, 1.165) is 38.5 Å². The number of carbonyl (C=O) groups is 1. The third-order valence-corrected chi connectivity index (χ3v) is 6.50. The molecule has 110 valence electrons. The second-order valence-electron chi connectivity index (χ2n) is 6.02. The highest BCUT2D eigenvalue weighted by Gasteiger charge is 2.36. The molecule has 1 saturated carbocycles. The maximum Gasteiger partial charge on any atom is 0.215 e. The van der Waals surface area contributed by atoms with E-state index < -0.39 is 16.1 Å². The number of Topliss-reactive ketones (excluding diaryl/α,β-unsaturated/α-hetero) is 1. The van der Waals surface area contributed by atoms with Crippen molar-refractivity contribution in [1.29, 1.82) is 0 Å². The van der Waals surface area contributed by atoms with Gasteiger partial charge in [0.25, 0.3) is 0 Å². The van der Waals surface area contributed by atoms with Gasteiger partial charge in [-0.15, -0.1) is 0 Å². The molecule has 2 rings (SSSR count). The molecule has 0 amide bonds. The first-order valence-corrected chi connectivity index (χ1v) is 9.11. The molecule has 1 heterocycles. The molecular weight excluding hydrogens is 262 g/mol. The number of hydrogen-bond donors (Lipinski definition) is 0. The number of carbonyl (C=O) groups excluding carboxylic acids is 1. The van der Waals surface area contributed by atoms with Crippen LogP contribution in [0.25, 0.3) is 0 Å². The quantitative estimate of drug-likeness (QED) is 0.797. The second kappa shape index (κ2) is 6.35. The first kappa shape index (κ1) is 15.0. The summed E-state index contributed by atoms with van der Waals surface area (Å²) in [7, 11) is -3.26. The normalized spacial score (nSPS) is 27.3. The summed E-state index contributed by atoms with van der Waals surface area (Å²) in [4.78, 5) is 11.6. The first-order chi connectivity index (χ1) is 9.00. The molecule has 0 aromatic carbocycles. The highest BCUT2D eigenvalue weighted by Crippen LogP contribution is 2.28. The summed E-state index contributed by atoms with van der Waals surface area (Å²) in [5.41, 5.74) is 0. The number of rotatable bonds is 4. The van der Waals surface area contributed by atoms with Crippen LogP contribution in [0.5, 0.6) is 0 Å². The summed E-state index contributed by atoms with van der Waals surface area (Å²) in [6.07, 6.45) is 8.12. The Kier molecular flexibility index (Phi) is 5.01. The standard InChI is InChI=1S/C14H25NO3S/c1-12(16)14-9-5-6-10-15(14)19(17,18)11-13-7-3-2-4-8-13/h13-14H,2-11H2,1H3. The minimum Gasteiger partial charge on any atom is -0.298 e. The van der Waals surface area contributed by atoms with Gasteiger partial charge in [0.1, 0.15) is 5.78 Å². The van der Waals surface area contributed by atoms with Gasteiger partial charge >= 0.3 is 0 Å². The van der Waals surface area contributed by atoms with E-state index in [0.29, 0.717) is 18.9 Å². The topological polar surface area (TPSA) is 54.5 Å². The Morgan fingerprint density at radius 1 is 1.05 bits per heavy atom. The molecule has 0 bridgehead atoms. The summed E-state index contributed by atoms with van der Waals surface area (Å²) in [5, 5.41) is 0. The highest BCUT2D eigenvalue weighted by molar-refractivity contribution is 7.89. The Morgan fingerprint density at radius 2 is 1.68 bits per heavy atom. The molecule has 0 aromatic heterocycles. The molecule has 1 atom stereocenters. The van der Waals surface area contributed by atoms with Gasteiger partial charge in [0.2, 0.25) is 10.0 Å². The second-order valence-corrected chi connectivity index (χ2v) is 7.98. The third kappa shape index (κ3) is 3.78. The van der Waals surface area contributed by atoms with Gasteiger partial charge in [0.05, 0.1) is 11.8 Å². The lowest BCUT2D eigenvalue weighted by atomic mass is 9.91. The summed E-state index contributed by atoms with van der Waals surface area (Å²) in [5.74, 6) is 0.539. The summed E-state index contributed by atoms with van der Waals surface area (Å²) < 4.78 is 26.6. The molecule has 5 heteroatoms. The van der Waals surface area contributed by atoms with Crippen molar-refractivity contribution in [3.63, 3.8) is 0 Å². The Bertz CT molecular complexity index is 412. The fourth-order valence-corrected chi connectivity index (χ4v) is 5.56. The van der Waals surface area contributed by atoms with Gasteiger partial charge in [-0.25, -0.2) is 8.42 Å². The highest BCUT2D eigenvalue weighted by atomic mass is 32.2. The maximum absolute atomic E-state index is 12.5. The van der Waals surface area contributed by atoms with Gasteiger partial charge in [-0.3, -0.25) is 4.79 Å². The Hall–Kier alpha value is -0.420. The monoisotopic (exact) mass is 287 g/mol. The minimum atomic E-state index is -3.26. The summed E-state index contributed by atoms with van der Waals surface area (Å²) in [6.45, 7) is 2.04. The van der Waals surface area contributed by atoms with Crippen LogP contribution in [0.2, 0.25) is 0 Å². The molecule has 19 heavy (non-hydrogen) atoms. The van der Waals surface area contributed by atoms with E-state index in [4.69, 9.17) is 0 Å². The minimum absolute atomic E-state index is 0.00748. The predicted molar refractivity (Wildman–Crippen MR) is 75.4 cm³/mol. The van der Waals surface area contributed by atoms with Crippen molar-refractivity contribution in [2.24, 2.45) is 5.92 Å². The fraction of sp³-hybridized carbons (Fsp3) is 0.929. The molecule has 0 N–H and O–H groups in total. The number of hydrogen-bond acceptors (Lipinski definition) is 3. The van der Waals surface area contributed by atoms with E-state index in [9.17, 15) is 13.2 Å². The van der Waals surface area contributed by atoms with Crippen LogP contribution in [0.15, 0.2) is 0 Å². The van der Waals surface area contributed by atoms with Crippen LogP contribution >= 0.6 is 0 Å². The van der Waals surface area contributed by atoms with E-state index in [1.54, 1.807) is 0 Å².